The standard InChI is InChI=1S/C19H24N4O3S/c24-19(9-13-22-12-4-10-20-22)21-11-3-6-17(15-21)27(25,26)23-14-8-16-5-1-2-7-18(16)23/h1-2,4-5,7,10,12,17H,3,6,8-9,11,13-15H2/t17-/m1/s1. The third kappa shape index (κ3) is 3.58. The lowest BCUT2D eigenvalue weighted by Crippen LogP contribution is -2.49. The van der Waals surface area contributed by atoms with Gasteiger partial charge in [0.25, 0.3) is 0 Å². The first-order valence-corrected chi connectivity index (χ1v) is 10.9. The van der Waals surface area contributed by atoms with E-state index < -0.39 is 15.3 Å². The number of piperidine rings is 1. The van der Waals surface area contributed by atoms with Gasteiger partial charge in [0.2, 0.25) is 15.9 Å². The summed E-state index contributed by atoms with van der Waals surface area (Å²) in [6.45, 7) is 1.91. The van der Waals surface area contributed by atoms with Crippen LogP contribution in [-0.4, -0.2) is 53.9 Å². The summed E-state index contributed by atoms with van der Waals surface area (Å²) < 4.78 is 29.7. The fraction of sp³-hybridized carbons (Fsp3) is 0.474. The quantitative estimate of drug-likeness (QED) is 0.781. The largest absolute Gasteiger partial charge is 0.341 e. The van der Waals surface area contributed by atoms with Crippen molar-refractivity contribution in [3.05, 3.63) is 48.3 Å². The molecule has 2 aliphatic rings. The van der Waals surface area contributed by atoms with Crippen molar-refractivity contribution in [1.82, 2.24) is 14.7 Å². The highest BCUT2D eigenvalue weighted by Gasteiger charge is 2.39. The van der Waals surface area contributed by atoms with E-state index in [1.54, 1.807) is 20.1 Å². The van der Waals surface area contributed by atoms with Gasteiger partial charge in [-0.1, -0.05) is 18.2 Å². The summed E-state index contributed by atoms with van der Waals surface area (Å²) in [4.78, 5) is 14.3. The molecule has 1 amide bonds. The Morgan fingerprint density at radius 2 is 2.04 bits per heavy atom. The van der Waals surface area contributed by atoms with Crippen molar-refractivity contribution in [3.63, 3.8) is 0 Å². The first-order chi connectivity index (χ1) is 13.1. The second-order valence-corrected chi connectivity index (χ2v) is 9.26. The van der Waals surface area contributed by atoms with Gasteiger partial charge in [-0.25, -0.2) is 8.42 Å². The fourth-order valence-corrected chi connectivity index (χ4v) is 5.95. The third-order valence-electron chi connectivity index (χ3n) is 5.42. The number of hydrogen-bond acceptors (Lipinski definition) is 4. The summed E-state index contributed by atoms with van der Waals surface area (Å²) >= 11 is 0. The Hall–Kier alpha value is -2.35. The number of nitrogens with zero attached hydrogens (tertiary/aromatic N) is 4. The summed E-state index contributed by atoms with van der Waals surface area (Å²) in [6, 6.07) is 9.49. The Labute approximate surface area is 159 Å². The molecule has 0 unspecified atom stereocenters. The van der Waals surface area contributed by atoms with Crippen LogP contribution in [0.25, 0.3) is 0 Å². The van der Waals surface area contributed by atoms with Gasteiger partial charge in [0, 0.05) is 45.0 Å². The molecule has 0 saturated carbocycles. The number of hydrogen-bond donors (Lipinski definition) is 0. The van der Waals surface area contributed by atoms with Gasteiger partial charge in [0.1, 0.15) is 0 Å². The zero-order valence-electron chi connectivity index (χ0n) is 15.2. The van der Waals surface area contributed by atoms with Gasteiger partial charge in [-0.2, -0.15) is 5.10 Å². The second kappa shape index (κ2) is 7.34. The average molecular weight is 388 g/mol. The molecule has 2 aliphatic heterocycles. The molecular formula is C19H24N4O3S. The van der Waals surface area contributed by atoms with E-state index in [2.05, 4.69) is 5.10 Å². The summed E-state index contributed by atoms with van der Waals surface area (Å²) in [5.74, 6) is -0.00720. The van der Waals surface area contributed by atoms with Crippen molar-refractivity contribution in [2.45, 2.75) is 37.5 Å². The first kappa shape index (κ1) is 18.0. The summed E-state index contributed by atoms with van der Waals surface area (Å²) in [7, 11) is -3.48. The molecule has 7 nitrogen and oxygen atoms in total. The third-order valence-corrected chi connectivity index (χ3v) is 7.64. The maximum Gasteiger partial charge on any atom is 0.239 e. The maximum atomic E-state index is 13.2. The number of para-hydroxylation sites is 1. The number of carbonyl (C=O) groups is 1. The van der Waals surface area contributed by atoms with Crippen molar-refractivity contribution in [1.29, 1.82) is 0 Å². The van der Waals surface area contributed by atoms with Crippen LogP contribution in [0, 0.1) is 0 Å². The molecule has 1 aromatic heterocycles. The Balaban J connectivity index is 1.44. The smallest absolute Gasteiger partial charge is 0.239 e. The van der Waals surface area contributed by atoms with Crippen molar-refractivity contribution in [3.8, 4) is 0 Å². The molecule has 1 atom stereocenters. The zero-order chi connectivity index (χ0) is 18.9. The molecule has 0 spiro atoms. The Morgan fingerprint density at radius 3 is 2.85 bits per heavy atom. The van der Waals surface area contributed by atoms with Gasteiger partial charge >= 0.3 is 0 Å². The number of rotatable bonds is 5. The van der Waals surface area contributed by atoms with E-state index in [1.807, 2.05) is 36.5 Å². The lowest BCUT2D eigenvalue weighted by atomic mass is 10.1. The number of carbonyl (C=O) groups excluding carboxylic acids is 1. The average Bonchev–Trinajstić information content (AvgIpc) is 3.36. The summed E-state index contributed by atoms with van der Waals surface area (Å²) in [5.41, 5.74) is 1.86. The number of aryl methyl sites for hydroxylation is 1. The van der Waals surface area contributed by atoms with Gasteiger partial charge in [0.15, 0.2) is 0 Å². The van der Waals surface area contributed by atoms with E-state index in [9.17, 15) is 13.2 Å². The van der Waals surface area contributed by atoms with Crippen LogP contribution in [0.2, 0.25) is 0 Å². The van der Waals surface area contributed by atoms with E-state index in [0.29, 0.717) is 38.9 Å². The molecule has 144 valence electrons. The van der Waals surface area contributed by atoms with Crippen molar-refractivity contribution < 1.29 is 13.2 Å². The number of benzene rings is 1. The van der Waals surface area contributed by atoms with Crippen LogP contribution >= 0.6 is 0 Å². The van der Waals surface area contributed by atoms with Crippen molar-refractivity contribution in [2.75, 3.05) is 23.9 Å². The highest BCUT2D eigenvalue weighted by Crippen LogP contribution is 2.33. The Kier molecular flexibility index (Phi) is 4.90. The second-order valence-electron chi connectivity index (χ2n) is 7.12. The molecule has 1 fully saturated rings. The van der Waals surface area contributed by atoms with Gasteiger partial charge in [-0.3, -0.25) is 13.8 Å². The predicted octanol–water partition coefficient (Wildman–Crippen LogP) is 1.66. The topological polar surface area (TPSA) is 75.5 Å². The number of aromatic nitrogens is 2. The molecule has 3 heterocycles. The molecule has 4 rings (SSSR count). The normalized spacial score (nSPS) is 19.9. The van der Waals surface area contributed by atoms with E-state index >= 15 is 0 Å². The minimum Gasteiger partial charge on any atom is -0.341 e. The number of likely N-dealkylation sites (tertiary alicyclic amines) is 1. The van der Waals surface area contributed by atoms with Gasteiger partial charge in [-0.15, -0.1) is 0 Å². The Morgan fingerprint density at radius 1 is 1.19 bits per heavy atom. The lowest BCUT2D eigenvalue weighted by molar-refractivity contribution is -0.132. The van der Waals surface area contributed by atoms with Crippen molar-refractivity contribution >= 4 is 21.6 Å². The number of fused-ring (bicyclic) bond motifs is 1. The molecule has 1 aromatic carbocycles. The fourth-order valence-electron chi connectivity index (χ4n) is 3.96. The monoisotopic (exact) mass is 388 g/mol. The predicted molar refractivity (Wildman–Crippen MR) is 103 cm³/mol. The summed E-state index contributed by atoms with van der Waals surface area (Å²) in [6.07, 6.45) is 5.90. The van der Waals surface area contributed by atoms with Crippen LogP contribution in [0.1, 0.15) is 24.8 Å². The molecule has 0 N–H and O–H groups in total. The lowest BCUT2D eigenvalue weighted by Gasteiger charge is -2.35. The molecule has 2 aromatic rings. The molecular weight excluding hydrogens is 364 g/mol. The maximum absolute atomic E-state index is 13.2. The highest BCUT2D eigenvalue weighted by molar-refractivity contribution is 7.93. The van der Waals surface area contributed by atoms with Gasteiger partial charge in [0.05, 0.1) is 10.9 Å². The molecule has 27 heavy (non-hydrogen) atoms. The van der Waals surface area contributed by atoms with Crippen LogP contribution in [0.15, 0.2) is 42.7 Å². The van der Waals surface area contributed by atoms with Crippen LogP contribution in [0.5, 0.6) is 0 Å². The van der Waals surface area contributed by atoms with Crippen LogP contribution in [-0.2, 0) is 27.8 Å². The molecule has 1 saturated heterocycles. The van der Waals surface area contributed by atoms with E-state index in [1.165, 1.54) is 0 Å². The molecule has 0 aliphatic carbocycles. The number of sulfonamides is 1. The van der Waals surface area contributed by atoms with E-state index in [-0.39, 0.29) is 12.5 Å². The highest BCUT2D eigenvalue weighted by atomic mass is 32.2. The Bertz CT molecular complexity index is 911. The van der Waals surface area contributed by atoms with Crippen LogP contribution in [0.3, 0.4) is 0 Å². The summed E-state index contributed by atoms with van der Waals surface area (Å²) in [5, 5.41) is 3.57. The zero-order valence-corrected chi connectivity index (χ0v) is 16.0. The van der Waals surface area contributed by atoms with Gasteiger partial charge < -0.3 is 4.90 Å². The van der Waals surface area contributed by atoms with Crippen molar-refractivity contribution in [2.24, 2.45) is 0 Å². The van der Waals surface area contributed by atoms with Gasteiger partial charge in [-0.05, 0) is 37.0 Å². The SMILES string of the molecule is O=C(CCn1cccn1)N1CCC[C@@H](S(=O)(=O)N2CCc3ccccc32)C1. The first-order valence-electron chi connectivity index (χ1n) is 9.40. The molecule has 0 radical (unpaired) electrons. The van der Waals surface area contributed by atoms with Crippen LogP contribution in [0.4, 0.5) is 5.69 Å². The van der Waals surface area contributed by atoms with E-state index in [0.717, 1.165) is 17.7 Å². The minimum atomic E-state index is -3.48. The minimum absolute atomic E-state index is 0.00720. The number of amides is 1. The van der Waals surface area contributed by atoms with E-state index in [4.69, 9.17) is 0 Å². The molecule has 8 heteroatoms. The van der Waals surface area contributed by atoms with Crippen LogP contribution < -0.4 is 4.31 Å². The number of anilines is 1. The molecule has 0 bridgehead atoms.